The fraction of sp³-hybridized carbons (Fsp3) is 0.357. The zero-order valence-electron chi connectivity index (χ0n) is 11.5. The van der Waals surface area contributed by atoms with Gasteiger partial charge in [0.05, 0.1) is 11.7 Å². The van der Waals surface area contributed by atoms with Crippen molar-refractivity contribution in [1.29, 1.82) is 0 Å². The highest BCUT2D eigenvalue weighted by atomic mass is 79.9. The third kappa shape index (κ3) is 3.49. The van der Waals surface area contributed by atoms with Crippen LogP contribution < -0.4 is 11.3 Å². The number of nitrogens with zero attached hydrogens (tertiary/aromatic N) is 2. The third-order valence-corrected chi connectivity index (χ3v) is 4.42. The zero-order valence-corrected chi connectivity index (χ0v) is 14.7. The molecule has 0 saturated heterocycles. The van der Waals surface area contributed by atoms with E-state index in [0.29, 0.717) is 0 Å². The van der Waals surface area contributed by atoms with Gasteiger partial charge in [0.2, 0.25) is 0 Å². The van der Waals surface area contributed by atoms with E-state index in [0.717, 1.165) is 33.2 Å². The average molecular weight is 402 g/mol. The Hall–Kier alpha value is -0.690. The minimum absolute atomic E-state index is 0.0406. The number of hydrogen-bond acceptors (Lipinski definition) is 3. The Morgan fingerprint density at radius 1 is 1.35 bits per heavy atom. The molecular formula is C14H18Br2N4. The van der Waals surface area contributed by atoms with Crippen LogP contribution in [0.3, 0.4) is 0 Å². The molecule has 1 heterocycles. The summed E-state index contributed by atoms with van der Waals surface area (Å²) in [5.74, 6) is 5.75. The van der Waals surface area contributed by atoms with Gasteiger partial charge in [-0.3, -0.25) is 16.0 Å². The van der Waals surface area contributed by atoms with Crippen molar-refractivity contribution in [1.82, 2.24) is 15.2 Å². The lowest BCUT2D eigenvalue weighted by atomic mass is 10.0. The van der Waals surface area contributed by atoms with Gasteiger partial charge in [-0.15, -0.1) is 0 Å². The smallest absolute Gasteiger partial charge is 0.0596 e. The molecule has 3 N–H and O–H groups in total. The van der Waals surface area contributed by atoms with E-state index in [4.69, 9.17) is 5.84 Å². The molecule has 108 valence electrons. The summed E-state index contributed by atoms with van der Waals surface area (Å²) in [6.45, 7) is 4.97. The molecule has 0 aliphatic rings. The maximum atomic E-state index is 5.75. The summed E-state index contributed by atoms with van der Waals surface area (Å²) in [5, 5.41) is 4.48. The summed E-state index contributed by atoms with van der Waals surface area (Å²) < 4.78 is 4.10. The molecule has 1 atom stereocenters. The van der Waals surface area contributed by atoms with Crippen LogP contribution in [0.5, 0.6) is 0 Å². The van der Waals surface area contributed by atoms with Crippen molar-refractivity contribution >= 4 is 31.9 Å². The van der Waals surface area contributed by atoms with Crippen LogP contribution in [0.15, 0.2) is 33.2 Å². The topological polar surface area (TPSA) is 55.9 Å². The fourth-order valence-corrected chi connectivity index (χ4v) is 3.61. The number of aromatic nitrogens is 2. The van der Waals surface area contributed by atoms with Gasteiger partial charge in [0, 0.05) is 27.6 Å². The molecule has 0 amide bonds. The molecule has 0 saturated carbocycles. The maximum Gasteiger partial charge on any atom is 0.0596 e. The van der Waals surface area contributed by atoms with E-state index in [-0.39, 0.29) is 6.04 Å². The first-order valence-corrected chi connectivity index (χ1v) is 8.08. The van der Waals surface area contributed by atoms with Crippen molar-refractivity contribution in [2.45, 2.75) is 32.9 Å². The predicted octanol–water partition coefficient (Wildman–Crippen LogP) is 3.48. The van der Waals surface area contributed by atoms with E-state index in [1.54, 1.807) is 0 Å². The number of hydrogen-bond donors (Lipinski definition) is 2. The van der Waals surface area contributed by atoms with Crippen LogP contribution in [-0.4, -0.2) is 9.78 Å². The quantitative estimate of drug-likeness (QED) is 0.595. The van der Waals surface area contributed by atoms with Gasteiger partial charge in [0.15, 0.2) is 0 Å². The first-order chi connectivity index (χ1) is 9.55. The molecule has 1 aromatic heterocycles. The molecular weight excluding hydrogens is 384 g/mol. The van der Waals surface area contributed by atoms with Crippen LogP contribution in [0.1, 0.15) is 29.9 Å². The first kappa shape index (κ1) is 15.7. The van der Waals surface area contributed by atoms with Gasteiger partial charge in [-0.2, -0.15) is 5.10 Å². The highest BCUT2D eigenvalue weighted by Gasteiger charge is 2.16. The molecule has 1 unspecified atom stereocenters. The second kappa shape index (κ2) is 6.85. The minimum Gasteiger partial charge on any atom is -0.271 e. The van der Waals surface area contributed by atoms with Crippen molar-refractivity contribution in [2.75, 3.05) is 0 Å². The number of benzene rings is 1. The Balaban J connectivity index is 2.28. The zero-order chi connectivity index (χ0) is 14.7. The summed E-state index contributed by atoms with van der Waals surface area (Å²) in [7, 11) is 0. The highest BCUT2D eigenvalue weighted by Crippen LogP contribution is 2.28. The van der Waals surface area contributed by atoms with Crippen LogP contribution in [0.2, 0.25) is 0 Å². The van der Waals surface area contributed by atoms with Crippen molar-refractivity contribution in [3.8, 4) is 0 Å². The molecule has 0 radical (unpaired) electrons. The second-order valence-corrected chi connectivity index (χ2v) is 6.45. The second-order valence-electron chi connectivity index (χ2n) is 4.68. The van der Waals surface area contributed by atoms with Crippen molar-refractivity contribution in [2.24, 2.45) is 5.84 Å². The summed E-state index contributed by atoms with van der Waals surface area (Å²) in [4.78, 5) is 0. The Labute approximate surface area is 136 Å². The molecule has 2 rings (SSSR count). The van der Waals surface area contributed by atoms with Crippen molar-refractivity contribution < 1.29 is 0 Å². The monoisotopic (exact) mass is 400 g/mol. The molecule has 20 heavy (non-hydrogen) atoms. The van der Waals surface area contributed by atoms with Crippen LogP contribution in [-0.2, 0) is 13.0 Å². The van der Waals surface area contributed by atoms with Gasteiger partial charge in [0.25, 0.3) is 0 Å². The normalized spacial score (nSPS) is 12.7. The van der Waals surface area contributed by atoms with Crippen LogP contribution in [0.25, 0.3) is 0 Å². The number of nitrogens with one attached hydrogen (secondary N) is 1. The van der Waals surface area contributed by atoms with Crippen molar-refractivity contribution in [3.63, 3.8) is 0 Å². The fourth-order valence-electron chi connectivity index (χ4n) is 2.29. The molecule has 4 nitrogen and oxygen atoms in total. The van der Waals surface area contributed by atoms with Gasteiger partial charge in [-0.1, -0.05) is 37.9 Å². The van der Waals surface area contributed by atoms with E-state index in [1.165, 1.54) is 5.69 Å². The summed E-state index contributed by atoms with van der Waals surface area (Å²) in [5.41, 5.74) is 6.26. The lowest BCUT2D eigenvalue weighted by molar-refractivity contribution is 0.515. The Morgan fingerprint density at radius 3 is 2.70 bits per heavy atom. The standard InChI is InChI=1S/C14H18Br2N4/c1-3-20-11(6-9(2)19-20)8-14(18-17)12-5-4-10(15)7-13(12)16/h4-7,14,18H,3,8,17H2,1-2H3. The van der Waals surface area contributed by atoms with Gasteiger partial charge in [-0.05, 0) is 37.6 Å². The average Bonchev–Trinajstić information content (AvgIpc) is 2.76. The lowest BCUT2D eigenvalue weighted by Crippen LogP contribution is -2.30. The highest BCUT2D eigenvalue weighted by molar-refractivity contribution is 9.11. The largest absolute Gasteiger partial charge is 0.271 e. The van der Waals surface area contributed by atoms with Crippen LogP contribution in [0, 0.1) is 6.92 Å². The maximum absolute atomic E-state index is 5.75. The van der Waals surface area contributed by atoms with E-state index in [1.807, 2.05) is 23.7 Å². The van der Waals surface area contributed by atoms with Crippen molar-refractivity contribution in [3.05, 3.63) is 50.2 Å². The molecule has 0 fully saturated rings. The number of rotatable bonds is 5. The van der Waals surface area contributed by atoms with E-state index in [2.05, 4.69) is 61.4 Å². The summed E-state index contributed by atoms with van der Waals surface area (Å²) in [6.07, 6.45) is 0.797. The molecule has 1 aromatic carbocycles. The summed E-state index contributed by atoms with van der Waals surface area (Å²) >= 11 is 7.06. The number of nitrogens with two attached hydrogens (primary N) is 1. The number of aryl methyl sites for hydroxylation is 2. The Morgan fingerprint density at radius 2 is 2.10 bits per heavy atom. The number of hydrazine groups is 1. The molecule has 0 aliphatic carbocycles. The molecule has 0 aliphatic heterocycles. The van der Waals surface area contributed by atoms with E-state index < -0.39 is 0 Å². The molecule has 2 aromatic rings. The third-order valence-electron chi connectivity index (χ3n) is 3.24. The minimum atomic E-state index is 0.0406. The number of halogens is 2. The Bertz CT molecular complexity index is 595. The lowest BCUT2D eigenvalue weighted by Gasteiger charge is -2.18. The summed E-state index contributed by atoms with van der Waals surface area (Å²) in [6, 6.07) is 8.27. The molecule has 0 bridgehead atoms. The predicted molar refractivity (Wildman–Crippen MR) is 88.2 cm³/mol. The Kier molecular flexibility index (Phi) is 5.37. The molecule has 0 spiro atoms. The van der Waals surface area contributed by atoms with E-state index >= 15 is 0 Å². The SMILES string of the molecule is CCn1nc(C)cc1CC(NN)c1ccc(Br)cc1Br. The molecule has 6 heteroatoms. The van der Waals surface area contributed by atoms with Gasteiger partial charge < -0.3 is 0 Å². The van der Waals surface area contributed by atoms with Gasteiger partial charge in [0.1, 0.15) is 0 Å². The van der Waals surface area contributed by atoms with Crippen LogP contribution in [0.4, 0.5) is 0 Å². The van der Waals surface area contributed by atoms with Gasteiger partial charge in [-0.25, -0.2) is 0 Å². The van der Waals surface area contributed by atoms with Crippen LogP contribution >= 0.6 is 31.9 Å². The first-order valence-electron chi connectivity index (χ1n) is 6.49. The van der Waals surface area contributed by atoms with Gasteiger partial charge >= 0.3 is 0 Å². The van der Waals surface area contributed by atoms with E-state index in [9.17, 15) is 0 Å².